The smallest absolute Gasteiger partial charge is 0.228 e. The number of carbonyl (C=O) groups is 2. The zero-order valence-corrected chi connectivity index (χ0v) is 19.8. The van der Waals surface area contributed by atoms with E-state index in [9.17, 15) is 9.59 Å². The number of likely N-dealkylation sites (tertiary alicyclic amines) is 1. The Bertz CT molecular complexity index is 1200. The van der Waals surface area contributed by atoms with Gasteiger partial charge in [0.25, 0.3) is 0 Å². The number of rotatable bonds is 6. The molecule has 7 heteroatoms. The average molecular weight is 462 g/mol. The van der Waals surface area contributed by atoms with E-state index in [0.29, 0.717) is 37.9 Å². The summed E-state index contributed by atoms with van der Waals surface area (Å²) in [6.07, 6.45) is 4.16. The van der Waals surface area contributed by atoms with Crippen LogP contribution in [0.5, 0.6) is 11.5 Å². The van der Waals surface area contributed by atoms with Gasteiger partial charge in [-0.05, 0) is 61.6 Å². The maximum Gasteiger partial charge on any atom is 0.228 e. The summed E-state index contributed by atoms with van der Waals surface area (Å²) in [6.45, 7) is 4.27. The maximum absolute atomic E-state index is 13.3. The van der Waals surface area contributed by atoms with Gasteiger partial charge in [-0.2, -0.15) is 0 Å². The molecule has 178 valence electrons. The maximum atomic E-state index is 13.3. The van der Waals surface area contributed by atoms with Crippen LogP contribution in [0.1, 0.15) is 37.7 Å². The molecule has 2 aromatic carbocycles. The predicted octanol–water partition coefficient (Wildman–Crippen LogP) is 4.33. The monoisotopic (exact) mass is 461 g/mol. The number of nitrogens with zero attached hydrogens (tertiary/aromatic N) is 2. The van der Waals surface area contributed by atoms with E-state index >= 15 is 0 Å². The largest absolute Gasteiger partial charge is 0.497 e. The number of para-hydroxylation sites is 2. The van der Waals surface area contributed by atoms with E-state index in [-0.39, 0.29) is 24.2 Å². The van der Waals surface area contributed by atoms with Crippen LogP contribution in [0.25, 0.3) is 10.9 Å². The van der Waals surface area contributed by atoms with Gasteiger partial charge in [-0.15, -0.1) is 0 Å². The summed E-state index contributed by atoms with van der Waals surface area (Å²) in [4.78, 5) is 33.1. The fraction of sp³-hybridized carbons (Fsp3) is 0.407. The Kier molecular flexibility index (Phi) is 6.18. The molecular weight excluding hydrogens is 430 g/mol. The number of fused-ring (bicyclic) bond motifs is 1. The number of ether oxygens (including phenoxy) is 2. The van der Waals surface area contributed by atoms with Crippen LogP contribution in [0.15, 0.2) is 48.7 Å². The summed E-state index contributed by atoms with van der Waals surface area (Å²) in [5.41, 5.74) is 3.14. The zero-order valence-electron chi connectivity index (χ0n) is 19.8. The van der Waals surface area contributed by atoms with E-state index in [4.69, 9.17) is 9.47 Å². The molecule has 5 rings (SSSR count). The first-order valence-corrected chi connectivity index (χ1v) is 12.0. The minimum Gasteiger partial charge on any atom is -0.497 e. The van der Waals surface area contributed by atoms with Gasteiger partial charge < -0.3 is 24.3 Å². The number of aromatic nitrogens is 1. The number of hydrogen-bond acceptors (Lipinski definition) is 4. The van der Waals surface area contributed by atoms with Crippen molar-refractivity contribution in [3.8, 4) is 11.5 Å². The number of nitrogens with one attached hydrogen (secondary N) is 1. The van der Waals surface area contributed by atoms with Gasteiger partial charge in [0, 0.05) is 43.2 Å². The highest BCUT2D eigenvalue weighted by molar-refractivity contribution is 6.01. The Morgan fingerprint density at radius 3 is 2.71 bits per heavy atom. The summed E-state index contributed by atoms with van der Waals surface area (Å²) in [5, 5.41) is 1.19. The quantitative estimate of drug-likeness (QED) is 0.593. The molecule has 2 fully saturated rings. The fourth-order valence-electron chi connectivity index (χ4n) is 5.32. The highest BCUT2D eigenvalue weighted by Gasteiger charge is 2.39. The standard InChI is InChI=1S/C27H31N3O4/c1-3-34-25-7-5-4-6-24(25)30-17-19(14-26(30)31)27(32)29-12-10-18(11-13-29)22-16-28-23-9-8-20(33-2)15-21(22)23/h4-9,15-16,18-19,28H,3,10-14,17H2,1-2H3. The van der Waals surface area contributed by atoms with E-state index in [0.717, 1.165) is 29.8 Å². The van der Waals surface area contributed by atoms with Gasteiger partial charge in [0.15, 0.2) is 0 Å². The molecule has 1 N–H and O–H groups in total. The molecule has 1 unspecified atom stereocenters. The molecule has 34 heavy (non-hydrogen) atoms. The lowest BCUT2D eigenvalue weighted by Crippen LogP contribution is -2.42. The van der Waals surface area contributed by atoms with Crippen LogP contribution in [-0.4, -0.2) is 55.0 Å². The van der Waals surface area contributed by atoms with Crippen LogP contribution >= 0.6 is 0 Å². The fourth-order valence-corrected chi connectivity index (χ4v) is 5.32. The number of anilines is 1. The highest BCUT2D eigenvalue weighted by atomic mass is 16.5. The lowest BCUT2D eigenvalue weighted by Gasteiger charge is -2.33. The Hall–Kier alpha value is -3.48. The van der Waals surface area contributed by atoms with Crippen LogP contribution < -0.4 is 14.4 Å². The lowest BCUT2D eigenvalue weighted by atomic mass is 9.88. The molecule has 3 heterocycles. The van der Waals surface area contributed by atoms with Crippen LogP contribution in [0.2, 0.25) is 0 Å². The van der Waals surface area contributed by atoms with Crippen LogP contribution in [0, 0.1) is 5.92 Å². The second-order valence-electron chi connectivity index (χ2n) is 9.06. The molecule has 1 aromatic heterocycles. The Labute approximate surface area is 199 Å². The molecule has 0 radical (unpaired) electrons. The van der Waals surface area contributed by atoms with Gasteiger partial charge in [0.1, 0.15) is 11.5 Å². The summed E-state index contributed by atoms with van der Waals surface area (Å²) in [7, 11) is 1.68. The van der Waals surface area contributed by atoms with Crippen molar-refractivity contribution in [1.29, 1.82) is 0 Å². The van der Waals surface area contributed by atoms with Gasteiger partial charge in [0.05, 0.1) is 25.3 Å². The summed E-state index contributed by atoms with van der Waals surface area (Å²) >= 11 is 0. The zero-order chi connectivity index (χ0) is 23.7. The molecule has 0 bridgehead atoms. The third kappa shape index (κ3) is 4.11. The number of hydrogen-bond donors (Lipinski definition) is 1. The minimum absolute atomic E-state index is 0.0203. The number of H-pyrrole nitrogens is 1. The molecule has 3 aromatic rings. The first-order chi connectivity index (χ1) is 16.6. The van der Waals surface area contributed by atoms with Crippen LogP contribution in [0.3, 0.4) is 0 Å². The Balaban J connectivity index is 1.24. The number of methoxy groups -OCH3 is 1. The third-order valence-electron chi connectivity index (χ3n) is 7.10. The van der Waals surface area contributed by atoms with E-state index in [1.54, 1.807) is 12.0 Å². The number of amides is 2. The SMILES string of the molecule is CCOc1ccccc1N1CC(C(=O)N2CCC(c3c[nH]c4ccc(OC)cc34)CC2)CC1=O. The topological polar surface area (TPSA) is 74.9 Å². The molecule has 1 atom stereocenters. The predicted molar refractivity (Wildman–Crippen MR) is 131 cm³/mol. The molecule has 0 saturated carbocycles. The van der Waals surface area contributed by atoms with Crippen molar-refractivity contribution < 1.29 is 19.1 Å². The van der Waals surface area contributed by atoms with E-state index in [2.05, 4.69) is 17.2 Å². The number of piperidine rings is 1. The molecule has 2 saturated heterocycles. The van der Waals surface area contributed by atoms with Gasteiger partial charge in [0.2, 0.25) is 11.8 Å². The highest BCUT2D eigenvalue weighted by Crippen LogP contribution is 2.37. The van der Waals surface area contributed by atoms with E-state index in [1.165, 1.54) is 10.9 Å². The molecular formula is C27H31N3O4. The van der Waals surface area contributed by atoms with Gasteiger partial charge in [-0.3, -0.25) is 9.59 Å². The first kappa shape index (κ1) is 22.3. The third-order valence-corrected chi connectivity index (χ3v) is 7.10. The number of benzene rings is 2. The van der Waals surface area contributed by atoms with Crippen molar-refractivity contribution in [1.82, 2.24) is 9.88 Å². The molecule has 7 nitrogen and oxygen atoms in total. The van der Waals surface area contributed by atoms with E-state index < -0.39 is 0 Å². The molecule has 2 aliphatic heterocycles. The lowest BCUT2D eigenvalue weighted by molar-refractivity contribution is -0.136. The first-order valence-electron chi connectivity index (χ1n) is 12.0. The van der Waals surface area contributed by atoms with Crippen molar-refractivity contribution in [2.45, 2.75) is 32.1 Å². The average Bonchev–Trinajstić information content (AvgIpc) is 3.47. The van der Waals surface area contributed by atoms with Crippen molar-refractivity contribution in [3.63, 3.8) is 0 Å². The minimum atomic E-state index is -0.309. The van der Waals surface area contributed by atoms with Crippen molar-refractivity contribution in [2.24, 2.45) is 5.92 Å². The van der Waals surface area contributed by atoms with Crippen LogP contribution in [-0.2, 0) is 9.59 Å². The Morgan fingerprint density at radius 1 is 1.15 bits per heavy atom. The molecule has 2 amide bonds. The number of aromatic amines is 1. The molecule has 2 aliphatic rings. The second kappa shape index (κ2) is 9.41. The van der Waals surface area contributed by atoms with Crippen LogP contribution in [0.4, 0.5) is 5.69 Å². The summed E-state index contributed by atoms with van der Waals surface area (Å²) in [6, 6.07) is 13.6. The summed E-state index contributed by atoms with van der Waals surface area (Å²) in [5.74, 6) is 1.68. The summed E-state index contributed by atoms with van der Waals surface area (Å²) < 4.78 is 11.1. The molecule has 0 aliphatic carbocycles. The van der Waals surface area contributed by atoms with E-state index in [1.807, 2.05) is 48.2 Å². The van der Waals surface area contributed by atoms with Gasteiger partial charge >= 0.3 is 0 Å². The number of carbonyl (C=O) groups excluding carboxylic acids is 2. The van der Waals surface area contributed by atoms with Crippen molar-refractivity contribution >= 4 is 28.4 Å². The normalized spacial score (nSPS) is 19.1. The van der Waals surface area contributed by atoms with Gasteiger partial charge in [-0.25, -0.2) is 0 Å². The molecule has 0 spiro atoms. The van der Waals surface area contributed by atoms with Gasteiger partial charge in [-0.1, -0.05) is 12.1 Å². The second-order valence-corrected chi connectivity index (χ2v) is 9.06. The Morgan fingerprint density at radius 2 is 1.94 bits per heavy atom. The van der Waals surface area contributed by atoms with Crippen molar-refractivity contribution in [2.75, 3.05) is 38.3 Å². The van der Waals surface area contributed by atoms with Crippen molar-refractivity contribution in [3.05, 3.63) is 54.2 Å².